The fourth-order valence-corrected chi connectivity index (χ4v) is 1.58. The summed E-state index contributed by atoms with van der Waals surface area (Å²) in [6.45, 7) is 2.20. The number of nitrogens with zero attached hydrogens (tertiary/aromatic N) is 1. The third-order valence-electron chi connectivity index (χ3n) is 1.97. The summed E-state index contributed by atoms with van der Waals surface area (Å²) in [7, 11) is 8.57. The molecule has 1 rings (SSSR count). The Morgan fingerprint density at radius 2 is 2.00 bits per heavy atom. The first kappa shape index (κ1) is 11.4. The Balaban J connectivity index is 2.64. The number of carbonyl (C=O) groups excluding carboxylic acids is 1. The first-order valence-corrected chi connectivity index (χ1v) is 5.87. The Labute approximate surface area is 92.7 Å². The molecule has 76 valence electrons. The third-order valence-corrected chi connectivity index (χ3v) is 2.95. The number of carbonyl (C=O) groups is 1. The quantitative estimate of drug-likeness (QED) is 0.795. The molecule has 0 fully saturated rings. The summed E-state index contributed by atoms with van der Waals surface area (Å²) in [5.41, 5.74) is 1.11. The van der Waals surface area contributed by atoms with Crippen molar-refractivity contribution in [3.63, 3.8) is 0 Å². The van der Waals surface area contributed by atoms with E-state index in [1.807, 2.05) is 24.3 Å². The summed E-state index contributed by atoms with van der Waals surface area (Å²) in [6, 6.07) is 7.84. The fraction of sp³-hybridized carbons (Fsp3) is 0.300. The largest absolute Gasteiger partial charge is 0.342 e. The highest BCUT2D eigenvalue weighted by Gasteiger charge is 2.02. The Morgan fingerprint density at radius 3 is 2.43 bits per heavy atom. The molecule has 0 heterocycles. The molecule has 0 aromatic heterocycles. The van der Waals surface area contributed by atoms with E-state index in [1.54, 1.807) is 18.9 Å². The number of halogens is 1. The molecule has 0 N–H and O–H groups in total. The molecule has 1 aromatic rings. The maximum atomic E-state index is 11.0. The van der Waals surface area contributed by atoms with Gasteiger partial charge in [-0.25, -0.2) is 0 Å². The zero-order chi connectivity index (χ0) is 10.6. The van der Waals surface area contributed by atoms with Crippen LogP contribution in [0.25, 0.3) is 0 Å². The van der Waals surface area contributed by atoms with Gasteiger partial charge in [-0.15, -0.1) is 0 Å². The van der Waals surface area contributed by atoms with Gasteiger partial charge in [-0.2, -0.15) is 0 Å². The minimum absolute atomic E-state index is 0.0702. The van der Waals surface area contributed by atoms with E-state index in [-0.39, 0.29) is 5.91 Å². The second kappa shape index (κ2) is 5.27. The second-order valence-electron chi connectivity index (χ2n) is 3.10. The van der Waals surface area contributed by atoms with Crippen LogP contribution in [0.15, 0.2) is 29.2 Å². The van der Waals surface area contributed by atoms with Crippen LogP contribution in [-0.2, 0) is 11.3 Å². The number of hydrogen-bond acceptors (Lipinski definition) is 2. The lowest BCUT2D eigenvalue weighted by molar-refractivity contribution is -0.128. The van der Waals surface area contributed by atoms with Crippen LogP contribution in [-0.4, -0.2) is 17.9 Å². The molecule has 4 heteroatoms. The summed E-state index contributed by atoms with van der Waals surface area (Å²) < 4.78 is 0. The molecule has 0 saturated heterocycles. The molecule has 0 radical (unpaired) electrons. The fourth-order valence-electron chi connectivity index (χ4n) is 1.03. The van der Waals surface area contributed by atoms with E-state index in [0.717, 1.165) is 10.5 Å². The maximum absolute atomic E-state index is 11.0. The van der Waals surface area contributed by atoms with Crippen molar-refractivity contribution in [3.8, 4) is 0 Å². The first-order chi connectivity index (χ1) is 6.63. The number of benzene rings is 1. The van der Waals surface area contributed by atoms with Crippen molar-refractivity contribution in [2.24, 2.45) is 0 Å². The smallest absolute Gasteiger partial charge is 0.219 e. The third kappa shape index (κ3) is 3.24. The SMILES string of the molecule is CC(=O)N(C)Cc1ccc(SCl)cc1. The van der Waals surface area contributed by atoms with Gasteiger partial charge in [-0.1, -0.05) is 12.1 Å². The van der Waals surface area contributed by atoms with Crippen LogP contribution in [0.4, 0.5) is 0 Å². The number of hydrogen-bond donors (Lipinski definition) is 0. The molecule has 0 spiro atoms. The van der Waals surface area contributed by atoms with Gasteiger partial charge in [0.1, 0.15) is 0 Å². The Hall–Kier alpha value is -0.670. The topological polar surface area (TPSA) is 20.3 Å². The Bertz CT molecular complexity index is 312. The second-order valence-corrected chi connectivity index (χ2v) is 4.18. The van der Waals surface area contributed by atoms with Crippen molar-refractivity contribution in [1.82, 2.24) is 4.90 Å². The lowest BCUT2D eigenvalue weighted by atomic mass is 10.2. The van der Waals surface area contributed by atoms with Crippen LogP contribution < -0.4 is 0 Å². The highest BCUT2D eigenvalue weighted by atomic mass is 35.7. The zero-order valence-corrected chi connectivity index (χ0v) is 9.73. The van der Waals surface area contributed by atoms with Crippen molar-refractivity contribution in [2.45, 2.75) is 18.4 Å². The highest BCUT2D eigenvalue weighted by Crippen LogP contribution is 2.21. The number of amides is 1. The van der Waals surface area contributed by atoms with E-state index < -0.39 is 0 Å². The van der Waals surface area contributed by atoms with Crippen molar-refractivity contribution >= 4 is 27.6 Å². The summed E-state index contributed by atoms with van der Waals surface area (Å²) in [4.78, 5) is 13.7. The van der Waals surface area contributed by atoms with Gasteiger partial charge in [0.15, 0.2) is 0 Å². The van der Waals surface area contributed by atoms with Crippen LogP contribution in [0.5, 0.6) is 0 Å². The van der Waals surface area contributed by atoms with Crippen LogP contribution in [0.2, 0.25) is 0 Å². The van der Waals surface area contributed by atoms with Crippen molar-refractivity contribution in [2.75, 3.05) is 7.05 Å². The summed E-state index contributed by atoms with van der Waals surface area (Å²) >= 11 is 0. The van der Waals surface area contributed by atoms with E-state index in [1.165, 1.54) is 11.0 Å². The van der Waals surface area contributed by atoms with Gasteiger partial charge in [0.05, 0.1) is 0 Å². The molecular formula is C10H12ClNOS. The van der Waals surface area contributed by atoms with Gasteiger partial charge < -0.3 is 4.90 Å². The summed E-state index contributed by atoms with van der Waals surface area (Å²) in [5.74, 6) is 0.0702. The zero-order valence-electron chi connectivity index (χ0n) is 8.16. The maximum Gasteiger partial charge on any atom is 0.219 e. The summed E-state index contributed by atoms with van der Waals surface area (Å²) in [6.07, 6.45) is 0. The van der Waals surface area contributed by atoms with Gasteiger partial charge in [0.25, 0.3) is 0 Å². The van der Waals surface area contributed by atoms with Crippen LogP contribution >= 0.6 is 21.7 Å². The van der Waals surface area contributed by atoms with E-state index >= 15 is 0 Å². The van der Waals surface area contributed by atoms with Crippen LogP contribution in [0.3, 0.4) is 0 Å². The van der Waals surface area contributed by atoms with E-state index in [9.17, 15) is 4.79 Å². The van der Waals surface area contributed by atoms with Crippen molar-refractivity contribution in [1.29, 1.82) is 0 Å². The van der Waals surface area contributed by atoms with Crippen LogP contribution in [0, 0.1) is 0 Å². The molecule has 2 nitrogen and oxygen atoms in total. The summed E-state index contributed by atoms with van der Waals surface area (Å²) in [5, 5.41) is 0. The Morgan fingerprint density at radius 1 is 1.43 bits per heavy atom. The van der Waals surface area contributed by atoms with Gasteiger partial charge in [-0.05, 0) is 39.4 Å². The molecule has 0 atom stereocenters. The average molecular weight is 230 g/mol. The van der Waals surface area contributed by atoms with Gasteiger partial charge >= 0.3 is 0 Å². The van der Waals surface area contributed by atoms with E-state index in [2.05, 4.69) is 0 Å². The lowest BCUT2D eigenvalue weighted by Gasteiger charge is -2.14. The average Bonchev–Trinajstić information content (AvgIpc) is 2.19. The van der Waals surface area contributed by atoms with Gasteiger partial charge in [0.2, 0.25) is 5.91 Å². The molecule has 0 saturated carbocycles. The molecule has 0 unspecified atom stereocenters. The molecule has 0 bridgehead atoms. The molecule has 0 aliphatic rings. The first-order valence-electron chi connectivity index (χ1n) is 4.22. The normalized spacial score (nSPS) is 9.93. The van der Waals surface area contributed by atoms with Crippen LogP contribution in [0.1, 0.15) is 12.5 Å². The van der Waals surface area contributed by atoms with Crippen molar-refractivity contribution < 1.29 is 4.79 Å². The lowest BCUT2D eigenvalue weighted by Crippen LogP contribution is -2.22. The predicted octanol–water partition coefficient (Wildman–Crippen LogP) is 2.91. The Kier molecular flexibility index (Phi) is 4.29. The van der Waals surface area contributed by atoms with Gasteiger partial charge in [0, 0.05) is 25.4 Å². The van der Waals surface area contributed by atoms with E-state index in [4.69, 9.17) is 10.7 Å². The predicted molar refractivity (Wildman–Crippen MR) is 60.3 cm³/mol. The molecule has 14 heavy (non-hydrogen) atoms. The molecule has 1 amide bonds. The van der Waals surface area contributed by atoms with E-state index in [0.29, 0.717) is 6.54 Å². The molecule has 1 aromatic carbocycles. The minimum atomic E-state index is 0.0702. The van der Waals surface area contributed by atoms with Crippen molar-refractivity contribution in [3.05, 3.63) is 29.8 Å². The minimum Gasteiger partial charge on any atom is -0.342 e. The van der Waals surface area contributed by atoms with Gasteiger partial charge in [-0.3, -0.25) is 4.79 Å². The monoisotopic (exact) mass is 229 g/mol. The highest BCUT2D eigenvalue weighted by molar-refractivity contribution is 8.21. The number of rotatable bonds is 3. The molecule has 0 aliphatic heterocycles. The standard InChI is InChI=1S/C10H12ClNOS/c1-8(13)12(2)7-9-3-5-10(14-11)6-4-9/h3-6H,7H2,1-2H3. The molecule has 0 aliphatic carbocycles. The molecular weight excluding hydrogens is 218 g/mol.